The van der Waals surface area contributed by atoms with Crippen LogP contribution in [0.1, 0.15) is 34.7 Å². The second-order valence-electron chi connectivity index (χ2n) is 6.67. The van der Waals surface area contributed by atoms with Crippen LogP contribution < -0.4 is 15.5 Å². The Morgan fingerprint density at radius 1 is 1.13 bits per heavy atom. The zero-order valence-electron chi connectivity index (χ0n) is 16.4. The van der Waals surface area contributed by atoms with E-state index in [1.54, 1.807) is 19.9 Å². The summed E-state index contributed by atoms with van der Waals surface area (Å²) >= 11 is 0. The lowest BCUT2D eigenvalue weighted by Crippen LogP contribution is -2.33. The molecule has 1 heterocycles. The van der Waals surface area contributed by atoms with Crippen LogP contribution in [0.25, 0.3) is 5.69 Å². The molecule has 1 unspecified atom stereocenters. The lowest BCUT2D eigenvalue weighted by Gasteiger charge is -2.16. The zero-order chi connectivity index (χ0) is 22.8. The second kappa shape index (κ2) is 8.58. The minimum atomic E-state index is -4.81. The van der Waals surface area contributed by atoms with E-state index < -0.39 is 41.0 Å². The third kappa shape index (κ3) is 5.27. The van der Waals surface area contributed by atoms with E-state index in [1.807, 2.05) is 0 Å². The summed E-state index contributed by atoms with van der Waals surface area (Å²) in [5.41, 5.74) is -0.215. The van der Waals surface area contributed by atoms with Crippen molar-refractivity contribution in [2.24, 2.45) is 0 Å². The highest BCUT2D eigenvalue weighted by atomic mass is 19.4. The number of para-hydroxylation sites is 1. The number of rotatable bonds is 5. The second-order valence-corrected chi connectivity index (χ2v) is 6.67. The number of aromatic nitrogens is 2. The van der Waals surface area contributed by atoms with Gasteiger partial charge in [0.15, 0.2) is 5.69 Å². The van der Waals surface area contributed by atoms with Crippen LogP contribution in [0.15, 0.2) is 59.4 Å². The van der Waals surface area contributed by atoms with Crippen LogP contribution in [-0.2, 0) is 0 Å². The van der Waals surface area contributed by atoms with Crippen LogP contribution in [-0.4, -0.2) is 22.1 Å². The number of carbonyl (C=O) groups excluding carboxylic acids is 1. The van der Waals surface area contributed by atoms with Gasteiger partial charge in [-0.25, -0.2) is 9.07 Å². The Morgan fingerprint density at radius 3 is 2.39 bits per heavy atom. The molecule has 0 radical (unpaired) electrons. The molecule has 162 valence electrons. The molecule has 1 amide bonds. The van der Waals surface area contributed by atoms with E-state index in [4.69, 9.17) is 0 Å². The van der Waals surface area contributed by atoms with Gasteiger partial charge in [-0.15, -0.1) is 13.2 Å². The fourth-order valence-corrected chi connectivity index (χ4v) is 2.88. The Hall–Kier alpha value is -3.69. The standard InChI is InChI=1S/C21H17F4N3O3/c1-12-11-18(29)19(27-28(12)17-6-4-3-5-16(17)22)20(30)26-13(2)14-7-9-15(10-8-14)31-21(23,24)25/h3-11,13H,1-2H3,(H,26,30). The molecule has 0 aliphatic rings. The molecule has 6 nitrogen and oxygen atoms in total. The molecule has 3 aromatic rings. The molecule has 0 saturated carbocycles. The molecule has 31 heavy (non-hydrogen) atoms. The van der Waals surface area contributed by atoms with Crippen molar-refractivity contribution in [3.8, 4) is 11.4 Å². The Balaban J connectivity index is 1.82. The van der Waals surface area contributed by atoms with Crippen LogP contribution in [0, 0.1) is 12.7 Å². The number of nitrogens with one attached hydrogen (secondary N) is 1. The maximum Gasteiger partial charge on any atom is 0.573 e. The van der Waals surface area contributed by atoms with E-state index >= 15 is 0 Å². The molecule has 1 N–H and O–H groups in total. The van der Waals surface area contributed by atoms with Gasteiger partial charge in [-0.3, -0.25) is 9.59 Å². The summed E-state index contributed by atoms with van der Waals surface area (Å²) in [6.45, 7) is 3.14. The van der Waals surface area contributed by atoms with E-state index in [0.717, 1.165) is 16.8 Å². The van der Waals surface area contributed by atoms with E-state index in [0.29, 0.717) is 11.3 Å². The van der Waals surface area contributed by atoms with Crippen molar-refractivity contribution in [1.29, 1.82) is 0 Å². The predicted octanol–water partition coefficient (Wildman–Crippen LogP) is 4.07. The molecule has 0 aliphatic carbocycles. The van der Waals surface area contributed by atoms with E-state index in [-0.39, 0.29) is 5.69 Å². The number of benzene rings is 2. The number of hydrogen-bond donors (Lipinski definition) is 1. The number of ether oxygens (including phenoxy) is 1. The van der Waals surface area contributed by atoms with Crippen LogP contribution in [0.2, 0.25) is 0 Å². The van der Waals surface area contributed by atoms with Gasteiger partial charge in [0.1, 0.15) is 17.3 Å². The van der Waals surface area contributed by atoms with Crippen LogP contribution in [0.3, 0.4) is 0 Å². The fourth-order valence-electron chi connectivity index (χ4n) is 2.88. The molecular formula is C21H17F4N3O3. The largest absolute Gasteiger partial charge is 0.573 e. The van der Waals surface area contributed by atoms with Crippen molar-refractivity contribution >= 4 is 5.91 Å². The van der Waals surface area contributed by atoms with Crippen molar-refractivity contribution in [2.45, 2.75) is 26.3 Å². The number of hydrogen-bond acceptors (Lipinski definition) is 4. The van der Waals surface area contributed by atoms with Crippen LogP contribution in [0.5, 0.6) is 5.75 Å². The highest BCUT2D eigenvalue weighted by Gasteiger charge is 2.31. The predicted molar refractivity (Wildman–Crippen MR) is 104 cm³/mol. The van der Waals surface area contributed by atoms with Crippen molar-refractivity contribution < 1.29 is 27.1 Å². The van der Waals surface area contributed by atoms with Gasteiger partial charge in [0, 0.05) is 11.8 Å². The van der Waals surface area contributed by atoms with Crippen molar-refractivity contribution in [3.63, 3.8) is 0 Å². The monoisotopic (exact) mass is 435 g/mol. The summed E-state index contributed by atoms with van der Waals surface area (Å²) in [6.07, 6.45) is -4.81. The number of amides is 1. The summed E-state index contributed by atoms with van der Waals surface area (Å²) in [5.74, 6) is -1.79. The summed E-state index contributed by atoms with van der Waals surface area (Å²) in [4.78, 5) is 24.9. The number of alkyl halides is 3. The third-order valence-corrected chi connectivity index (χ3v) is 4.36. The zero-order valence-corrected chi connectivity index (χ0v) is 16.4. The van der Waals surface area contributed by atoms with Gasteiger partial charge in [-0.1, -0.05) is 24.3 Å². The molecule has 10 heteroatoms. The summed E-state index contributed by atoms with van der Waals surface area (Å²) in [5, 5.41) is 6.57. The molecule has 0 saturated heterocycles. The lowest BCUT2D eigenvalue weighted by molar-refractivity contribution is -0.274. The summed E-state index contributed by atoms with van der Waals surface area (Å²) < 4.78 is 55.9. The first-order valence-corrected chi connectivity index (χ1v) is 9.07. The molecule has 0 fully saturated rings. The van der Waals surface area contributed by atoms with Gasteiger partial charge in [0.05, 0.1) is 6.04 Å². The molecule has 1 atom stereocenters. The Labute approximate surface area is 174 Å². The van der Waals surface area contributed by atoms with Gasteiger partial charge in [0.25, 0.3) is 5.91 Å². The van der Waals surface area contributed by atoms with Crippen LogP contribution in [0.4, 0.5) is 17.6 Å². The molecule has 3 rings (SSSR count). The third-order valence-electron chi connectivity index (χ3n) is 4.36. The number of carbonyl (C=O) groups is 1. The average molecular weight is 435 g/mol. The van der Waals surface area contributed by atoms with Gasteiger partial charge in [-0.05, 0) is 43.7 Å². The fraction of sp³-hybridized carbons (Fsp3) is 0.190. The van der Waals surface area contributed by atoms with E-state index in [9.17, 15) is 27.2 Å². The number of nitrogens with zero attached hydrogens (tertiary/aromatic N) is 2. The van der Waals surface area contributed by atoms with Gasteiger partial charge >= 0.3 is 6.36 Å². The summed E-state index contributed by atoms with van der Waals surface area (Å²) in [7, 11) is 0. The molecule has 0 spiro atoms. The highest BCUT2D eigenvalue weighted by molar-refractivity contribution is 5.92. The Bertz CT molecular complexity index is 1160. The normalized spacial score (nSPS) is 12.3. The maximum atomic E-state index is 14.1. The first-order valence-electron chi connectivity index (χ1n) is 9.07. The van der Waals surface area contributed by atoms with Gasteiger partial charge in [-0.2, -0.15) is 5.10 Å². The van der Waals surface area contributed by atoms with E-state index in [1.165, 1.54) is 36.4 Å². The molecule has 1 aromatic heterocycles. The first kappa shape index (κ1) is 22.0. The smallest absolute Gasteiger partial charge is 0.406 e. The van der Waals surface area contributed by atoms with Crippen molar-refractivity contribution in [3.05, 3.63) is 87.6 Å². The first-order chi connectivity index (χ1) is 14.5. The van der Waals surface area contributed by atoms with Crippen LogP contribution >= 0.6 is 0 Å². The number of halogens is 4. The topological polar surface area (TPSA) is 73.2 Å². The minimum Gasteiger partial charge on any atom is -0.406 e. The maximum absolute atomic E-state index is 14.1. The SMILES string of the molecule is Cc1cc(=O)c(C(=O)NC(C)c2ccc(OC(F)(F)F)cc2)nn1-c1ccccc1F. The van der Waals surface area contributed by atoms with Crippen molar-refractivity contribution in [2.75, 3.05) is 0 Å². The van der Waals surface area contributed by atoms with Gasteiger partial charge in [0.2, 0.25) is 5.43 Å². The highest BCUT2D eigenvalue weighted by Crippen LogP contribution is 2.24. The lowest BCUT2D eigenvalue weighted by atomic mass is 10.1. The Morgan fingerprint density at radius 2 is 1.77 bits per heavy atom. The van der Waals surface area contributed by atoms with Gasteiger partial charge < -0.3 is 10.1 Å². The molecule has 0 aliphatic heterocycles. The number of aryl methyl sites for hydroxylation is 1. The molecular weight excluding hydrogens is 418 g/mol. The summed E-state index contributed by atoms with van der Waals surface area (Å²) in [6, 6.07) is 11.2. The average Bonchev–Trinajstić information content (AvgIpc) is 2.68. The quantitative estimate of drug-likeness (QED) is 0.614. The Kier molecular flexibility index (Phi) is 6.09. The molecule has 2 aromatic carbocycles. The molecule has 0 bridgehead atoms. The minimum absolute atomic E-state index is 0.0716. The van der Waals surface area contributed by atoms with Crippen molar-refractivity contribution in [1.82, 2.24) is 15.1 Å². The van der Waals surface area contributed by atoms with E-state index in [2.05, 4.69) is 15.2 Å².